The number of hydrogen-bond donors (Lipinski definition) is 0. The molecule has 0 radical (unpaired) electrons. The van der Waals surface area contributed by atoms with E-state index in [1.165, 1.54) is 10.4 Å². The smallest absolute Gasteiger partial charge is 0.230 e. The normalized spacial score (nSPS) is 24.3. The number of nitrogens with zero attached hydrogens (tertiary/aromatic N) is 1. The lowest BCUT2D eigenvalue weighted by Crippen LogP contribution is -2.41. The van der Waals surface area contributed by atoms with Gasteiger partial charge < -0.3 is 4.90 Å². The van der Waals surface area contributed by atoms with E-state index in [4.69, 9.17) is 11.6 Å². The van der Waals surface area contributed by atoms with Crippen LogP contribution in [0.3, 0.4) is 0 Å². The van der Waals surface area contributed by atoms with E-state index in [0.29, 0.717) is 11.8 Å². The lowest BCUT2D eigenvalue weighted by Gasteiger charge is -2.34. The first-order chi connectivity index (χ1) is 9.29. The topological polar surface area (TPSA) is 20.3 Å². The van der Waals surface area contributed by atoms with Crippen LogP contribution in [0.4, 0.5) is 0 Å². The fourth-order valence-corrected chi connectivity index (χ4v) is 4.57. The molecule has 1 aromatic heterocycles. The molecule has 2 nitrogen and oxygen atoms in total. The van der Waals surface area contributed by atoms with E-state index in [2.05, 4.69) is 16.3 Å². The van der Waals surface area contributed by atoms with E-state index in [0.717, 1.165) is 51.1 Å². The molecule has 0 N–H and O–H groups in total. The van der Waals surface area contributed by atoms with Crippen molar-refractivity contribution >= 4 is 28.8 Å². The van der Waals surface area contributed by atoms with Crippen LogP contribution in [0.1, 0.15) is 42.0 Å². The van der Waals surface area contributed by atoms with E-state index in [1.807, 2.05) is 11.3 Å². The number of carbonyl (C=O) groups excluding carboxylic acids is 1. The molecule has 1 saturated heterocycles. The zero-order valence-electron chi connectivity index (χ0n) is 11.1. The Morgan fingerprint density at radius 3 is 2.89 bits per heavy atom. The van der Waals surface area contributed by atoms with Gasteiger partial charge in [0.05, 0.1) is 5.92 Å². The van der Waals surface area contributed by atoms with E-state index in [-0.39, 0.29) is 5.92 Å². The van der Waals surface area contributed by atoms with Crippen LogP contribution in [0, 0.1) is 5.92 Å². The van der Waals surface area contributed by atoms with Gasteiger partial charge in [-0.1, -0.05) is 0 Å². The van der Waals surface area contributed by atoms with Crippen molar-refractivity contribution in [2.75, 3.05) is 19.0 Å². The first kappa shape index (κ1) is 13.4. The van der Waals surface area contributed by atoms with Crippen molar-refractivity contribution < 1.29 is 4.79 Å². The molecule has 19 heavy (non-hydrogen) atoms. The summed E-state index contributed by atoms with van der Waals surface area (Å²) in [5.74, 6) is 1.82. The molecule has 1 aliphatic carbocycles. The molecule has 0 spiro atoms. The summed E-state index contributed by atoms with van der Waals surface area (Å²) in [6, 6.07) is 2.16. The number of halogens is 1. The van der Waals surface area contributed by atoms with Crippen molar-refractivity contribution in [3.8, 4) is 0 Å². The van der Waals surface area contributed by atoms with Crippen molar-refractivity contribution in [3.63, 3.8) is 0 Å². The second kappa shape index (κ2) is 5.84. The van der Waals surface area contributed by atoms with Crippen LogP contribution in [0.5, 0.6) is 0 Å². The minimum Gasteiger partial charge on any atom is -0.342 e. The standard InChI is InChI=1S/C15H20ClNOS/c16-10-11-4-7-17(8-5-11)15(18)13-2-1-3-14-12(13)6-9-19-14/h6,9,11,13H,1-5,7-8,10H2. The Morgan fingerprint density at radius 2 is 2.16 bits per heavy atom. The van der Waals surface area contributed by atoms with E-state index in [9.17, 15) is 4.79 Å². The van der Waals surface area contributed by atoms with Gasteiger partial charge in [-0.15, -0.1) is 22.9 Å². The summed E-state index contributed by atoms with van der Waals surface area (Å²) in [5, 5.41) is 2.13. The molecule has 104 valence electrons. The number of piperidine rings is 1. The fourth-order valence-electron chi connectivity index (χ4n) is 3.27. The van der Waals surface area contributed by atoms with Crippen LogP contribution in [0.15, 0.2) is 11.4 Å². The molecule has 4 heteroatoms. The molecule has 2 heterocycles. The number of fused-ring (bicyclic) bond motifs is 1. The lowest BCUT2D eigenvalue weighted by molar-refractivity contribution is -0.134. The van der Waals surface area contributed by atoms with Crippen LogP contribution < -0.4 is 0 Å². The molecule has 1 fully saturated rings. The Bertz CT molecular complexity index is 451. The molecule has 1 aliphatic heterocycles. The Kier molecular flexibility index (Phi) is 4.13. The van der Waals surface area contributed by atoms with Gasteiger partial charge in [-0.2, -0.15) is 0 Å². The fraction of sp³-hybridized carbons (Fsp3) is 0.667. The predicted octanol–water partition coefficient (Wildman–Crippen LogP) is 3.65. The zero-order chi connectivity index (χ0) is 13.2. The third-order valence-electron chi connectivity index (χ3n) is 4.49. The Hall–Kier alpha value is -0.540. The molecule has 2 aliphatic rings. The number of aryl methyl sites for hydroxylation is 1. The van der Waals surface area contributed by atoms with Gasteiger partial charge in [-0.3, -0.25) is 4.79 Å². The summed E-state index contributed by atoms with van der Waals surface area (Å²) in [6.45, 7) is 1.79. The predicted molar refractivity (Wildman–Crippen MR) is 80.0 cm³/mol. The largest absolute Gasteiger partial charge is 0.342 e. The second-order valence-electron chi connectivity index (χ2n) is 5.67. The third-order valence-corrected chi connectivity index (χ3v) is 5.93. The molecule has 0 aromatic carbocycles. The maximum atomic E-state index is 12.7. The maximum Gasteiger partial charge on any atom is 0.230 e. The third kappa shape index (κ3) is 2.68. The quantitative estimate of drug-likeness (QED) is 0.763. The number of rotatable bonds is 2. The monoisotopic (exact) mass is 297 g/mol. The van der Waals surface area contributed by atoms with Crippen LogP contribution >= 0.6 is 22.9 Å². The summed E-state index contributed by atoms with van der Waals surface area (Å²) >= 11 is 7.72. The molecular weight excluding hydrogens is 278 g/mol. The average Bonchev–Trinajstić information content (AvgIpc) is 2.95. The SMILES string of the molecule is O=C(C1CCCc2sccc21)N1CCC(CCl)CC1. The average molecular weight is 298 g/mol. The Balaban J connectivity index is 1.69. The molecule has 1 unspecified atom stereocenters. The van der Waals surface area contributed by atoms with Crippen LogP contribution in [0.25, 0.3) is 0 Å². The number of carbonyl (C=O) groups is 1. The highest BCUT2D eigenvalue weighted by Crippen LogP contribution is 2.36. The van der Waals surface area contributed by atoms with E-state index in [1.54, 1.807) is 0 Å². The van der Waals surface area contributed by atoms with Crippen molar-refractivity contribution in [3.05, 3.63) is 21.9 Å². The van der Waals surface area contributed by atoms with Crippen LogP contribution in [0.2, 0.25) is 0 Å². The zero-order valence-corrected chi connectivity index (χ0v) is 12.7. The number of alkyl halides is 1. The first-order valence-corrected chi connectivity index (χ1v) is 8.62. The molecule has 0 bridgehead atoms. The number of amides is 1. The molecular formula is C15H20ClNOS. The molecule has 1 amide bonds. The summed E-state index contributed by atoms with van der Waals surface area (Å²) in [6.07, 6.45) is 5.47. The number of thiophene rings is 1. The van der Waals surface area contributed by atoms with Gasteiger partial charge in [-0.05, 0) is 55.0 Å². The van der Waals surface area contributed by atoms with Crippen molar-refractivity contribution in [1.29, 1.82) is 0 Å². The molecule has 1 atom stereocenters. The summed E-state index contributed by atoms with van der Waals surface area (Å²) < 4.78 is 0. The van der Waals surface area contributed by atoms with Gasteiger partial charge >= 0.3 is 0 Å². The summed E-state index contributed by atoms with van der Waals surface area (Å²) in [4.78, 5) is 16.2. The number of hydrogen-bond acceptors (Lipinski definition) is 2. The molecule has 1 aromatic rings. The summed E-state index contributed by atoms with van der Waals surface area (Å²) in [5.41, 5.74) is 1.31. The number of likely N-dealkylation sites (tertiary alicyclic amines) is 1. The van der Waals surface area contributed by atoms with Gasteiger partial charge in [0.15, 0.2) is 0 Å². The van der Waals surface area contributed by atoms with E-state index < -0.39 is 0 Å². The minimum absolute atomic E-state index is 0.127. The van der Waals surface area contributed by atoms with Crippen LogP contribution in [-0.2, 0) is 11.2 Å². The highest BCUT2D eigenvalue weighted by molar-refractivity contribution is 7.10. The van der Waals surface area contributed by atoms with Gasteiger partial charge in [0.1, 0.15) is 0 Å². The highest BCUT2D eigenvalue weighted by Gasteiger charge is 2.32. The van der Waals surface area contributed by atoms with Gasteiger partial charge in [0.25, 0.3) is 0 Å². The van der Waals surface area contributed by atoms with Crippen molar-refractivity contribution in [2.24, 2.45) is 5.92 Å². The Morgan fingerprint density at radius 1 is 1.37 bits per heavy atom. The van der Waals surface area contributed by atoms with Gasteiger partial charge in [-0.25, -0.2) is 0 Å². The first-order valence-electron chi connectivity index (χ1n) is 7.20. The second-order valence-corrected chi connectivity index (χ2v) is 6.98. The minimum atomic E-state index is 0.127. The molecule has 3 rings (SSSR count). The van der Waals surface area contributed by atoms with E-state index >= 15 is 0 Å². The van der Waals surface area contributed by atoms with Crippen LogP contribution in [-0.4, -0.2) is 29.8 Å². The van der Waals surface area contributed by atoms with Gasteiger partial charge in [0, 0.05) is 23.8 Å². The van der Waals surface area contributed by atoms with Crippen molar-refractivity contribution in [2.45, 2.75) is 38.0 Å². The Labute approximate surface area is 123 Å². The maximum absolute atomic E-state index is 12.7. The lowest BCUT2D eigenvalue weighted by atomic mass is 9.86. The molecule has 0 saturated carbocycles. The summed E-state index contributed by atoms with van der Waals surface area (Å²) in [7, 11) is 0. The van der Waals surface area contributed by atoms with Gasteiger partial charge in [0.2, 0.25) is 5.91 Å². The van der Waals surface area contributed by atoms with Crippen molar-refractivity contribution in [1.82, 2.24) is 4.90 Å². The highest BCUT2D eigenvalue weighted by atomic mass is 35.5.